The van der Waals surface area contributed by atoms with Crippen molar-refractivity contribution in [2.75, 3.05) is 4.72 Å². The summed E-state index contributed by atoms with van der Waals surface area (Å²) < 4.78 is 27.4. The predicted molar refractivity (Wildman–Crippen MR) is 88.2 cm³/mol. The third-order valence-corrected chi connectivity index (χ3v) is 4.80. The topological polar surface area (TPSA) is 112 Å². The van der Waals surface area contributed by atoms with E-state index in [2.05, 4.69) is 14.9 Å². The highest BCUT2D eigenvalue weighted by molar-refractivity contribution is 7.92. The molecule has 24 heavy (non-hydrogen) atoms. The van der Waals surface area contributed by atoms with Crippen LogP contribution in [0.1, 0.15) is 10.4 Å². The van der Waals surface area contributed by atoms with Gasteiger partial charge in [0.1, 0.15) is 4.90 Å². The van der Waals surface area contributed by atoms with Crippen molar-refractivity contribution in [3.63, 3.8) is 0 Å². The van der Waals surface area contributed by atoms with Crippen molar-refractivity contribution < 1.29 is 18.3 Å². The van der Waals surface area contributed by atoms with Crippen molar-refractivity contribution in [1.82, 2.24) is 10.2 Å². The fourth-order valence-electron chi connectivity index (χ4n) is 2.24. The molecule has 0 amide bonds. The number of aromatic amines is 1. The molecule has 122 valence electrons. The minimum atomic E-state index is -4.03. The number of carboxylic acid groups (broad SMARTS) is 1. The quantitative estimate of drug-likeness (QED) is 0.659. The summed E-state index contributed by atoms with van der Waals surface area (Å²) in [7, 11) is -4.03. The second-order valence-electron chi connectivity index (χ2n) is 4.97. The van der Waals surface area contributed by atoms with Gasteiger partial charge in [0.25, 0.3) is 10.0 Å². The SMILES string of the molecule is O=C(O)c1cc(-c2cn[nH]c2)ccc1S(=O)(=O)Nc1ccccc1. The summed E-state index contributed by atoms with van der Waals surface area (Å²) in [6, 6.07) is 12.4. The van der Waals surface area contributed by atoms with E-state index in [4.69, 9.17) is 0 Å². The third-order valence-electron chi connectivity index (χ3n) is 3.36. The summed E-state index contributed by atoms with van der Waals surface area (Å²) in [6.45, 7) is 0. The maximum atomic E-state index is 12.5. The third kappa shape index (κ3) is 3.13. The van der Waals surface area contributed by atoms with E-state index in [9.17, 15) is 18.3 Å². The van der Waals surface area contributed by atoms with Crippen LogP contribution < -0.4 is 4.72 Å². The maximum absolute atomic E-state index is 12.5. The van der Waals surface area contributed by atoms with Crippen LogP contribution in [0.2, 0.25) is 0 Å². The van der Waals surface area contributed by atoms with Crippen LogP contribution in [0, 0.1) is 0 Å². The van der Waals surface area contributed by atoms with Gasteiger partial charge in [0.2, 0.25) is 0 Å². The molecular weight excluding hydrogens is 330 g/mol. The van der Waals surface area contributed by atoms with Gasteiger partial charge in [0.05, 0.1) is 11.8 Å². The Morgan fingerprint density at radius 1 is 1.08 bits per heavy atom. The zero-order valence-corrected chi connectivity index (χ0v) is 13.1. The number of para-hydroxylation sites is 1. The number of anilines is 1. The Morgan fingerprint density at radius 3 is 2.46 bits per heavy atom. The number of rotatable bonds is 5. The molecule has 0 unspecified atom stereocenters. The Balaban J connectivity index is 2.05. The molecule has 1 aromatic heterocycles. The van der Waals surface area contributed by atoms with Crippen LogP contribution in [0.25, 0.3) is 11.1 Å². The average Bonchev–Trinajstić information content (AvgIpc) is 3.09. The molecule has 3 aromatic rings. The first-order chi connectivity index (χ1) is 11.5. The molecule has 0 aliphatic rings. The van der Waals surface area contributed by atoms with Gasteiger partial charge >= 0.3 is 5.97 Å². The summed E-state index contributed by atoms with van der Waals surface area (Å²) >= 11 is 0. The number of benzene rings is 2. The number of carboxylic acids is 1. The van der Waals surface area contributed by atoms with Crippen molar-refractivity contribution in [2.45, 2.75) is 4.90 Å². The minimum absolute atomic E-state index is 0.300. The number of carbonyl (C=O) groups is 1. The first-order valence-corrected chi connectivity index (χ1v) is 8.40. The minimum Gasteiger partial charge on any atom is -0.478 e. The molecule has 3 rings (SSSR count). The zero-order valence-electron chi connectivity index (χ0n) is 12.3. The number of hydrogen-bond acceptors (Lipinski definition) is 4. The number of nitrogens with zero attached hydrogens (tertiary/aromatic N) is 1. The van der Waals surface area contributed by atoms with Crippen LogP contribution in [0.15, 0.2) is 65.8 Å². The summed E-state index contributed by atoms with van der Waals surface area (Å²) in [5, 5.41) is 15.8. The van der Waals surface area contributed by atoms with Gasteiger partial charge in [0.15, 0.2) is 0 Å². The number of hydrogen-bond donors (Lipinski definition) is 3. The van der Waals surface area contributed by atoms with Gasteiger partial charge in [0, 0.05) is 17.4 Å². The van der Waals surface area contributed by atoms with E-state index in [1.165, 1.54) is 24.4 Å². The summed E-state index contributed by atoms with van der Waals surface area (Å²) in [6.07, 6.45) is 3.12. The lowest BCUT2D eigenvalue weighted by Gasteiger charge is -2.11. The van der Waals surface area contributed by atoms with E-state index in [-0.39, 0.29) is 10.5 Å². The molecule has 0 atom stereocenters. The Morgan fingerprint density at radius 2 is 1.83 bits per heavy atom. The largest absolute Gasteiger partial charge is 0.478 e. The van der Waals surface area contributed by atoms with Crippen LogP contribution >= 0.6 is 0 Å². The van der Waals surface area contributed by atoms with Crippen molar-refractivity contribution in [2.24, 2.45) is 0 Å². The van der Waals surface area contributed by atoms with E-state index < -0.39 is 16.0 Å². The lowest BCUT2D eigenvalue weighted by atomic mass is 10.1. The molecule has 8 heteroatoms. The standard InChI is InChI=1S/C16H13N3O4S/c20-16(21)14-8-11(12-9-17-18-10-12)6-7-15(14)24(22,23)19-13-4-2-1-3-5-13/h1-10,19H,(H,17,18)(H,20,21). The highest BCUT2D eigenvalue weighted by Crippen LogP contribution is 2.26. The fraction of sp³-hybridized carbons (Fsp3) is 0. The average molecular weight is 343 g/mol. The van der Waals surface area contributed by atoms with Gasteiger partial charge in [-0.2, -0.15) is 5.10 Å². The first kappa shape index (κ1) is 15.8. The van der Waals surface area contributed by atoms with Crippen molar-refractivity contribution in [1.29, 1.82) is 0 Å². The number of aromatic nitrogens is 2. The van der Waals surface area contributed by atoms with Gasteiger partial charge in [-0.15, -0.1) is 0 Å². The Labute approximate surface area is 138 Å². The Kier molecular flexibility index (Phi) is 4.05. The van der Waals surface area contributed by atoms with Crippen LogP contribution in [0.3, 0.4) is 0 Å². The molecular formula is C16H13N3O4S. The van der Waals surface area contributed by atoms with Gasteiger partial charge in [-0.05, 0) is 29.8 Å². The predicted octanol–water partition coefficient (Wildman–Crippen LogP) is 2.58. The Hall–Kier alpha value is -3.13. The van der Waals surface area contributed by atoms with Crippen LogP contribution in [-0.2, 0) is 10.0 Å². The molecule has 0 aliphatic carbocycles. The van der Waals surface area contributed by atoms with Crippen molar-refractivity contribution in [3.8, 4) is 11.1 Å². The zero-order chi connectivity index (χ0) is 17.2. The smallest absolute Gasteiger partial charge is 0.337 e. The van der Waals surface area contributed by atoms with Gasteiger partial charge in [-0.1, -0.05) is 24.3 Å². The van der Waals surface area contributed by atoms with Gasteiger partial charge < -0.3 is 5.11 Å². The van der Waals surface area contributed by atoms with Crippen LogP contribution in [0.5, 0.6) is 0 Å². The lowest BCUT2D eigenvalue weighted by Crippen LogP contribution is -2.17. The molecule has 0 radical (unpaired) electrons. The monoisotopic (exact) mass is 343 g/mol. The lowest BCUT2D eigenvalue weighted by molar-refractivity contribution is 0.0692. The highest BCUT2D eigenvalue weighted by Gasteiger charge is 2.23. The van der Waals surface area contributed by atoms with Crippen molar-refractivity contribution in [3.05, 3.63) is 66.5 Å². The molecule has 0 fully saturated rings. The number of H-pyrrole nitrogens is 1. The molecule has 7 nitrogen and oxygen atoms in total. The van der Waals surface area contributed by atoms with Crippen LogP contribution in [-0.4, -0.2) is 29.7 Å². The molecule has 2 aromatic carbocycles. The fourth-order valence-corrected chi connectivity index (χ4v) is 3.48. The number of nitrogens with one attached hydrogen (secondary N) is 2. The van der Waals surface area contributed by atoms with E-state index in [1.54, 1.807) is 36.5 Å². The Bertz CT molecular complexity index is 968. The second-order valence-corrected chi connectivity index (χ2v) is 6.63. The maximum Gasteiger partial charge on any atom is 0.337 e. The summed E-state index contributed by atoms with van der Waals surface area (Å²) in [4.78, 5) is 11.2. The molecule has 0 spiro atoms. The van der Waals surface area contributed by atoms with E-state index >= 15 is 0 Å². The number of sulfonamides is 1. The molecule has 0 saturated carbocycles. The van der Waals surface area contributed by atoms with Gasteiger partial charge in [-0.3, -0.25) is 9.82 Å². The second kappa shape index (κ2) is 6.17. The molecule has 0 saturated heterocycles. The van der Waals surface area contributed by atoms with E-state index in [0.717, 1.165) is 0 Å². The van der Waals surface area contributed by atoms with Crippen molar-refractivity contribution >= 4 is 21.7 Å². The molecule has 3 N–H and O–H groups in total. The summed E-state index contributed by atoms with van der Waals surface area (Å²) in [5.74, 6) is -1.33. The van der Waals surface area contributed by atoms with Gasteiger partial charge in [-0.25, -0.2) is 13.2 Å². The summed E-state index contributed by atoms with van der Waals surface area (Å²) in [5.41, 5.74) is 1.27. The van der Waals surface area contributed by atoms with E-state index in [1.807, 2.05) is 0 Å². The highest BCUT2D eigenvalue weighted by atomic mass is 32.2. The molecule has 0 aliphatic heterocycles. The van der Waals surface area contributed by atoms with Crippen LogP contribution in [0.4, 0.5) is 5.69 Å². The van der Waals surface area contributed by atoms with E-state index in [0.29, 0.717) is 16.8 Å². The molecule has 0 bridgehead atoms. The molecule has 1 heterocycles. The normalized spacial score (nSPS) is 11.2. The first-order valence-electron chi connectivity index (χ1n) is 6.92. The number of aromatic carboxylic acids is 1.